The molecular weight excluding hydrogens is 350 g/mol. The Morgan fingerprint density at radius 1 is 1.19 bits per heavy atom. The van der Waals surface area contributed by atoms with Crippen LogP contribution in [0.3, 0.4) is 0 Å². The fourth-order valence-corrected chi connectivity index (χ4v) is 3.33. The molecule has 1 amide bonds. The Morgan fingerprint density at radius 2 is 1.92 bits per heavy atom. The topological polar surface area (TPSA) is 73.2 Å². The number of ether oxygens (including phenoxy) is 1. The van der Waals surface area contributed by atoms with E-state index in [9.17, 15) is 9.59 Å². The fraction of sp³-hybridized carbons (Fsp3) is 0.421. The summed E-state index contributed by atoms with van der Waals surface area (Å²) in [5.41, 5.74) is 4.73. The number of esters is 1. The van der Waals surface area contributed by atoms with Gasteiger partial charge in [0.25, 0.3) is 5.91 Å². The van der Waals surface area contributed by atoms with E-state index < -0.39 is 0 Å². The molecule has 0 bridgehead atoms. The number of carbonyl (C=O) groups is 2. The molecule has 0 atom stereocenters. The molecule has 0 spiro atoms. The van der Waals surface area contributed by atoms with Gasteiger partial charge in [-0.05, 0) is 51.0 Å². The largest absolute Gasteiger partial charge is 0.456 e. The van der Waals surface area contributed by atoms with Crippen LogP contribution in [0.15, 0.2) is 23.1 Å². The van der Waals surface area contributed by atoms with E-state index in [0.717, 1.165) is 16.3 Å². The van der Waals surface area contributed by atoms with E-state index >= 15 is 0 Å². The van der Waals surface area contributed by atoms with Gasteiger partial charge in [0.15, 0.2) is 6.61 Å². The summed E-state index contributed by atoms with van der Waals surface area (Å²) in [5, 5.41) is 6.97. The minimum absolute atomic E-state index is 0.260. The minimum atomic E-state index is -0.379. The van der Waals surface area contributed by atoms with Gasteiger partial charge in [-0.1, -0.05) is 6.07 Å². The molecule has 2 aromatic rings. The summed E-state index contributed by atoms with van der Waals surface area (Å²) in [4.78, 5) is 24.9. The van der Waals surface area contributed by atoms with Crippen LogP contribution in [0.5, 0.6) is 0 Å². The van der Waals surface area contributed by atoms with Gasteiger partial charge in [0.05, 0.1) is 23.5 Å². The molecule has 0 aliphatic rings. The average Bonchev–Trinajstić information content (AvgIpc) is 2.82. The van der Waals surface area contributed by atoms with Gasteiger partial charge in [-0.25, -0.2) is 0 Å². The van der Waals surface area contributed by atoms with E-state index in [1.54, 1.807) is 16.4 Å². The molecule has 0 saturated carbocycles. The highest BCUT2D eigenvalue weighted by molar-refractivity contribution is 7.99. The van der Waals surface area contributed by atoms with Crippen LogP contribution in [0, 0.1) is 27.7 Å². The summed E-state index contributed by atoms with van der Waals surface area (Å²) in [6.45, 7) is 7.53. The lowest BCUT2D eigenvalue weighted by Gasteiger charge is -2.07. The zero-order chi connectivity index (χ0) is 19.3. The second kappa shape index (κ2) is 8.89. The van der Waals surface area contributed by atoms with Crippen molar-refractivity contribution in [2.75, 3.05) is 17.7 Å². The predicted octanol–water partition coefficient (Wildman–Crippen LogP) is 3.32. The molecule has 1 heterocycles. The molecule has 1 aromatic carbocycles. The first-order chi connectivity index (χ1) is 12.3. The molecule has 26 heavy (non-hydrogen) atoms. The van der Waals surface area contributed by atoms with Gasteiger partial charge in [-0.15, -0.1) is 11.8 Å². The summed E-state index contributed by atoms with van der Waals surface area (Å²) in [7, 11) is 1.81. The van der Waals surface area contributed by atoms with E-state index in [1.807, 2.05) is 27.0 Å². The molecule has 140 valence electrons. The Bertz CT molecular complexity index is 815. The standard InChI is InChI=1S/C19H25N3O3S/c1-12-6-7-16(10-13(12)2)26-9-8-18(24)25-11-17(23)20-19-14(3)21-22(5)15(19)4/h6-7,10H,8-9,11H2,1-5H3,(H,20,23). The lowest BCUT2D eigenvalue weighted by atomic mass is 10.1. The van der Waals surface area contributed by atoms with Crippen LogP contribution in [-0.2, 0) is 21.4 Å². The Kier molecular flexibility index (Phi) is 6.85. The van der Waals surface area contributed by atoms with Crippen molar-refractivity contribution in [1.29, 1.82) is 0 Å². The SMILES string of the molecule is Cc1ccc(SCCC(=O)OCC(=O)Nc2c(C)nn(C)c2C)cc1C. The number of thioether (sulfide) groups is 1. The Morgan fingerprint density at radius 3 is 2.54 bits per heavy atom. The number of amides is 1. The van der Waals surface area contributed by atoms with Crippen LogP contribution < -0.4 is 5.32 Å². The Labute approximate surface area is 158 Å². The van der Waals surface area contributed by atoms with Gasteiger partial charge in [0.1, 0.15) is 0 Å². The van der Waals surface area contributed by atoms with Crippen LogP contribution in [-0.4, -0.2) is 34.0 Å². The van der Waals surface area contributed by atoms with Crippen LogP contribution in [0.4, 0.5) is 5.69 Å². The number of benzene rings is 1. The summed E-state index contributed by atoms with van der Waals surface area (Å²) in [6, 6.07) is 6.23. The number of hydrogen-bond donors (Lipinski definition) is 1. The van der Waals surface area contributed by atoms with Crippen LogP contribution >= 0.6 is 11.8 Å². The number of rotatable bonds is 7. The van der Waals surface area contributed by atoms with Crippen LogP contribution in [0.2, 0.25) is 0 Å². The fourth-order valence-electron chi connectivity index (χ4n) is 2.40. The molecule has 1 aromatic heterocycles. The van der Waals surface area contributed by atoms with Gasteiger partial charge in [-0.2, -0.15) is 5.10 Å². The number of hydrogen-bond acceptors (Lipinski definition) is 5. The van der Waals surface area contributed by atoms with E-state index in [4.69, 9.17) is 4.74 Å². The second-order valence-electron chi connectivity index (χ2n) is 6.22. The predicted molar refractivity (Wildman–Crippen MR) is 104 cm³/mol. The molecule has 6 nitrogen and oxygen atoms in total. The van der Waals surface area contributed by atoms with Crippen molar-refractivity contribution in [1.82, 2.24) is 9.78 Å². The highest BCUT2D eigenvalue weighted by Gasteiger charge is 2.14. The molecule has 2 rings (SSSR count). The van der Waals surface area contributed by atoms with E-state index in [-0.39, 0.29) is 24.9 Å². The third-order valence-corrected chi connectivity index (χ3v) is 5.19. The molecule has 0 fully saturated rings. The average molecular weight is 375 g/mol. The van der Waals surface area contributed by atoms with E-state index in [2.05, 4.69) is 36.4 Å². The third-order valence-electron chi connectivity index (χ3n) is 4.19. The summed E-state index contributed by atoms with van der Waals surface area (Å²) in [5.74, 6) is -0.125. The van der Waals surface area contributed by atoms with Gasteiger partial charge in [0, 0.05) is 17.7 Å². The lowest BCUT2D eigenvalue weighted by Crippen LogP contribution is -2.21. The Balaban J connectivity index is 1.72. The van der Waals surface area contributed by atoms with Gasteiger partial charge < -0.3 is 10.1 Å². The van der Waals surface area contributed by atoms with Crippen molar-refractivity contribution in [3.8, 4) is 0 Å². The van der Waals surface area contributed by atoms with Crippen molar-refractivity contribution in [2.24, 2.45) is 7.05 Å². The van der Waals surface area contributed by atoms with E-state index in [1.165, 1.54) is 11.1 Å². The summed E-state index contributed by atoms with van der Waals surface area (Å²) < 4.78 is 6.75. The van der Waals surface area contributed by atoms with Crippen LogP contribution in [0.1, 0.15) is 28.9 Å². The number of nitrogens with one attached hydrogen (secondary N) is 1. The number of anilines is 1. The number of aryl methyl sites for hydroxylation is 4. The highest BCUT2D eigenvalue weighted by atomic mass is 32.2. The molecule has 0 radical (unpaired) electrons. The Hall–Kier alpha value is -2.28. The normalized spacial score (nSPS) is 10.7. The number of nitrogens with zero attached hydrogens (tertiary/aromatic N) is 2. The van der Waals surface area contributed by atoms with Gasteiger partial charge in [-0.3, -0.25) is 14.3 Å². The monoisotopic (exact) mass is 375 g/mol. The van der Waals surface area contributed by atoms with Crippen molar-refractivity contribution >= 4 is 29.3 Å². The summed E-state index contributed by atoms with van der Waals surface area (Å²) in [6.07, 6.45) is 0.260. The first-order valence-corrected chi connectivity index (χ1v) is 9.42. The zero-order valence-corrected chi connectivity index (χ0v) is 16.7. The van der Waals surface area contributed by atoms with E-state index in [0.29, 0.717) is 11.4 Å². The highest BCUT2D eigenvalue weighted by Crippen LogP contribution is 2.22. The molecule has 0 saturated heterocycles. The number of aromatic nitrogens is 2. The molecule has 0 aliphatic heterocycles. The first-order valence-electron chi connectivity index (χ1n) is 8.43. The van der Waals surface area contributed by atoms with Crippen molar-refractivity contribution in [3.05, 3.63) is 40.7 Å². The van der Waals surface area contributed by atoms with Crippen molar-refractivity contribution < 1.29 is 14.3 Å². The maximum absolute atomic E-state index is 12.0. The molecular formula is C19H25N3O3S. The van der Waals surface area contributed by atoms with Crippen molar-refractivity contribution in [3.63, 3.8) is 0 Å². The minimum Gasteiger partial charge on any atom is -0.456 e. The quantitative estimate of drug-likeness (QED) is 0.594. The smallest absolute Gasteiger partial charge is 0.307 e. The van der Waals surface area contributed by atoms with Gasteiger partial charge in [0.2, 0.25) is 0 Å². The maximum Gasteiger partial charge on any atom is 0.307 e. The molecule has 0 unspecified atom stereocenters. The molecule has 7 heteroatoms. The lowest BCUT2D eigenvalue weighted by molar-refractivity contribution is -0.146. The molecule has 0 aliphatic carbocycles. The van der Waals surface area contributed by atoms with Crippen LogP contribution in [0.25, 0.3) is 0 Å². The second-order valence-corrected chi connectivity index (χ2v) is 7.39. The summed E-state index contributed by atoms with van der Waals surface area (Å²) >= 11 is 1.60. The first kappa shape index (κ1) is 20.0. The zero-order valence-electron chi connectivity index (χ0n) is 15.9. The molecule has 1 N–H and O–H groups in total. The third kappa shape index (κ3) is 5.36. The number of carbonyl (C=O) groups excluding carboxylic acids is 2. The maximum atomic E-state index is 12.0. The van der Waals surface area contributed by atoms with Gasteiger partial charge >= 0.3 is 5.97 Å². The van der Waals surface area contributed by atoms with Crippen molar-refractivity contribution in [2.45, 2.75) is 39.0 Å².